The van der Waals surface area contributed by atoms with E-state index in [1.165, 1.54) is 0 Å². The van der Waals surface area contributed by atoms with Gasteiger partial charge in [-0.05, 0) is 19.3 Å². The van der Waals surface area contributed by atoms with Gasteiger partial charge in [0, 0.05) is 37.9 Å². The molecule has 2 N–H and O–H groups in total. The minimum absolute atomic E-state index is 0.0737. The smallest absolute Gasteiger partial charge is 0.0951 e. The Labute approximate surface area is 122 Å². The minimum atomic E-state index is 0.0737. The highest BCUT2D eigenvalue weighted by Crippen LogP contribution is 2.22. The van der Waals surface area contributed by atoms with Crippen molar-refractivity contribution in [2.24, 2.45) is 11.7 Å². The third-order valence-corrected chi connectivity index (χ3v) is 3.90. The molecule has 1 aromatic rings. The third kappa shape index (κ3) is 4.04. The van der Waals surface area contributed by atoms with Gasteiger partial charge < -0.3 is 15.0 Å². The van der Waals surface area contributed by atoms with E-state index < -0.39 is 0 Å². The first kappa shape index (κ1) is 15.5. The molecule has 2 rings (SSSR count). The van der Waals surface area contributed by atoms with E-state index in [1.807, 2.05) is 12.5 Å². The second-order valence-electron chi connectivity index (χ2n) is 6.22. The van der Waals surface area contributed by atoms with Crippen LogP contribution in [0.25, 0.3) is 0 Å². The van der Waals surface area contributed by atoms with Crippen LogP contribution in [0.1, 0.15) is 45.0 Å². The van der Waals surface area contributed by atoms with Crippen LogP contribution in [0.15, 0.2) is 12.5 Å². The Kier molecular flexibility index (Phi) is 5.57. The Bertz CT molecular complexity index is 398. The van der Waals surface area contributed by atoms with E-state index in [0.717, 1.165) is 45.0 Å². The lowest BCUT2D eigenvalue weighted by atomic mass is 10.0. The molecule has 2 heterocycles. The van der Waals surface area contributed by atoms with Gasteiger partial charge in [0.15, 0.2) is 0 Å². The van der Waals surface area contributed by atoms with Crippen LogP contribution in [-0.4, -0.2) is 47.3 Å². The van der Waals surface area contributed by atoms with Gasteiger partial charge in [0.2, 0.25) is 0 Å². The maximum absolute atomic E-state index is 6.32. The first-order valence-corrected chi connectivity index (χ1v) is 7.65. The molecular formula is C15H28N4O. The predicted octanol–water partition coefficient (Wildman–Crippen LogP) is 1.82. The molecule has 0 spiro atoms. The zero-order valence-electron chi connectivity index (χ0n) is 13.0. The number of imidazole rings is 1. The summed E-state index contributed by atoms with van der Waals surface area (Å²) in [5.41, 5.74) is 7.47. The van der Waals surface area contributed by atoms with Crippen molar-refractivity contribution in [3.05, 3.63) is 18.2 Å². The van der Waals surface area contributed by atoms with Crippen molar-refractivity contribution in [3.63, 3.8) is 0 Å². The summed E-state index contributed by atoms with van der Waals surface area (Å²) in [6, 6.07) is 0.466. The van der Waals surface area contributed by atoms with Gasteiger partial charge in [0.25, 0.3) is 0 Å². The first-order valence-electron chi connectivity index (χ1n) is 7.65. The topological polar surface area (TPSA) is 56.3 Å². The Morgan fingerprint density at radius 3 is 2.65 bits per heavy atom. The summed E-state index contributed by atoms with van der Waals surface area (Å²) in [6.45, 7) is 11.4. The van der Waals surface area contributed by atoms with Gasteiger partial charge >= 0.3 is 0 Å². The summed E-state index contributed by atoms with van der Waals surface area (Å²) >= 11 is 0. The zero-order valence-corrected chi connectivity index (χ0v) is 13.0. The second-order valence-corrected chi connectivity index (χ2v) is 6.22. The van der Waals surface area contributed by atoms with Crippen LogP contribution in [0, 0.1) is 5.92 Å². The minimum Gasteiger partial charge on any atom is -0.379 e. The summed E-state index contributed by atoms with van der Waals surface area (Å²) in [5, 5.41) is 0. The maximum atomic E-state index is 6.32. The van der Waals surface area contributed by atoms with Gasteiger partial charge in [0.1, 0.15) is 0 Å². The van der Waals surface area contributed by atoms with Gasteiger partial charge in [-0.3, -0.25) is 4.90 Å². The third-order valence-electron chi connectivity index (χ3n) is 3.90. The fourth-order valence-electron chi connectivity index (χ4n) is 2.84. The number of nitrogens with two attached hydrogens (primary N) is 1. The number of rotatable bonds is 6. The Balaban J connectivity index is 1.98. The lowest BCUT2D eigenvalue weighted by molar-refractivity contribution is 0.0323. The summed E-state index contributed by atoms with van der Waals surface area (Å²) in [7, 11) is 0. The van der Waals surface area contributed by atoms with Crippen molar-refractivity contribution >= 4 is 0 Å². The zero-order chi connectivity index (χ0) is 14.5. The Morgan fingerprint density at radius 1 is 1.30 bits per heavy atom. The summed E-state index contributed by atoms with van der Waals surface area (Å²) in [5.74, 6) is 0.600. The molecule has 0 aromatic carbocycles. The van der Waals surface area contributed by atoms with Crippen LogP contribution in [0.3, 0.4) is 0 Å². The molecule has 1 fully saturated rings. The quantitative estimate of drug-likeness (QED) is 0.863. The molecule has 0 aliphatic carbocycles. The van der Waals surface area contributed by atoms with E-state index in [1.54, 1.807) is 0 Å². The predicted molar refractivity (Wildman–Crippen MR) is 80.6 cm³/mol. The number of morpholine rings is 1. The van der Waals surface area contributed by atoms with E-state index in [9.17, 15) is 0 Å². The molecule has 1 aliphatic heterocycles. The molecule has 20 heavy (non-hydrogen) atoms. The van der Waals surface area contributed by atoms with Crippen molar-refractivity contribution in [2.45, 2.75) is 39.3 Å². The summed E-state index contributed by atoms with van der Waals surface area (Å²) < 4.78 is 7.64. The number of nitrogens with zero attached hydrogens (tertiary/aromatic N) is 3. The van der Waals surface area contributed by atoms with Crippen LogP contribution < -0.4 is 5.73 Å². The second kappa shape index (κ2) is 7.20. The molecule has 5 heteroatoms. The summed E-state index contributed by atoms with van der Waals surface area (Å²) in [4.78, 5) is 6.75. The van der Waals surface area contributed by atoms with Gasteiger partial charge in [-0.15, -0.1) is 0 Å². The molecule has 1 aromatic heterocycles. The molecule has 2 atom stereocenters. The van der Waals surface area contributed by atoms with Crippen LogP contribution in [0.2, 0.25) is 0 Å². The standard InChI is InChI=1S/C15H28N4O/c1-12(2)8-14(16)15-9-17-11-19(15)13(3)10-18-4-6-20-7-5-18/h9,11-14H,4-8,10,16H2,1-3H3. The van der Waals surface area contributed by atoms with E-state index in [0.29, 0.717) is 12.0 Å². The molecule has 1 saturated heterocycles. The first-order chi connectivity index (χ1) is 9.58. The van der Waals surface area contributed by atoms with Crippen molar-refractivity contribution in [1.82, 2.24) is 14.5 Å². The van der Waals surface area contributed by atoms with Gasteiger partial charge in [0.05, 0.1) is 25.2 Å². The lowest BCUT2D eigenvalue weighted by Gasteiger charge is -2.30. The maximum Gasteiger partial charge on any atom is 0.0951 e. The molecule has 5 nitrogen and oxygen atoms in total. The van der Waals surface area contributed by atoms with Crippen molar-refractivity contribution in [3.8, 4) is 0 Å². The molecule has 114 valence electrons. The van der Waals surface area contributed by atoms with Crippen LogP contribution in [0.5, 0.6) is 0 Å². The fourth-order valence-corrected chi connectivity index (χ4v) is 2.84. The molecule has 0 bridgehead atoms. The van der Waals surface area contributed by atoms with Crippen molar-refractivity contribution in [2.75, 3.05) is 32.8 Å². The molecule has 1 aliphatic rings. The molecule has 0 radical (unpaired) electrons. The Hall–Kier alpha value is -0.910. The molecule has 0 saturated carbocycles. The monoisotopic (exact) mass is 280 g/mol. The number of aromatic nitrogens is 2. The van der Waals surface area contributed by atoms with E-state index in [-0.39, 0.29) is 6.04 Å². The van der Waals surface area contributed by atoms with Gasteiger partial charge in [-0.2, -0.15) is 0 Å². The van der Waals surface area contributed by atoms with Crippen LogP contribution in [0.4, 0.5) is 0 Å². The molecular weight excluding hydrogens is 252 g/mol. The number of hydrogen-bond acceptors (Lipinski definition) is 4. The van der Waals surface area contributed by atoms with Crippen LogP contribution >= 0.6 is 0 Å². The van der Waals surface area contributed by atoms with Crippen molar-refractivity contribution < 1.29 is 4.74 Å². The van der Waals surface area contributed by atoms with E-state index in [4.69, 9.17) is 10.5 Å². The fraction of sp³-hybridized carbons (Fsp3) is 0.800. The number of hydrogen-bond donors (Lipinski definition) is 1. The number of ether oxygens (including phenoxy) is 1. The summed E-state index contributed by atoms with van der Waals surface area (Å²) in [6.07, 6.45) is 4.83. The SMILES string of the molecule is CC(C)CC(N)c1cncn1C(C)CN1CCOCC1. The Morgan fingerprint density at radius 2 is 2.00 bits per heavy atom. The largest absolute Gasteiger partial charge is 0.379 e. The van der Waals surface area contributed by atoms with Gasteiger partial charge in [-0.25, -0.2) is 4.98 Å². The average molecular weight is 280 g/mol. The average Bonchev–Trinajstić information content (AvgIpc) is 2.88. The van der Waals surface area contributed by atoms with E-state index in [2.05, 4.69) is 35.2 Å². The normalized spacial score (nSPS) is 20.2. The lowest BCUT2D eigenvalue weighted by Crippen LogP contribution is -2.39. The molecule has 2 unspecified atom stereocenters. The van der Waals surface area contributed by atoms with E-state index >= 15 is 0 Å². The highest BCUT2D eigenvalue weighted by Gasteiger charge is 2.19. The van der Waals surface area contributed by atoms with Gasteiger partial charge in [-0.1, -0.05) is 13.8 Å². The van der Waals surface area contributed by atoms with Crippen LogP contribution in [-0.2, 0) is 4.74 Å². The highest BCUT2D eigenvalue weighted by atomic mass is 16.5. The van der Waals surface area contributed by atoms with Crippen molar-refractivity contribution in [1.29, 1.82) is 0 Å². The highest BCUT2D eigenvalue weighted by molar-refractivity contribution is 5.06. The molecule has 0 amide bonds.